The van der Waals surface area contributed by atoms with Crippen molar-refractivity contribution in [3.63, 3.8) is 0 Å². The molecular formula is C18H21N3O2. The largest absolute Gasteiger partial charge is 0.457 e. The Bertz CT molecular complexity index is 664. The summed E-state index contributed by atoms with van der Waals surface area (Å²) in [5.41, 5.74) is 9.21. The van der Waals surface area contributed by atoms with Crippen LogP contribution in [-0.2, 0) is 0 Å². The number of urea groups is 1. The van der Waals surface area contributed by atoms with Crippen LogP contribution in [0, 0.1) is 0 Å². The molecule has 2 aromatic rings. The molecule has 5 nitrogen and oxygen atoms in total. The van der Waals surface area contributed by atoms with Crippen LogP contribution in [0.25, 0.3) is 0 Å². The highest BCUT2D eigenvalue weighted by atomic mass is 16.5. The van der Waals surface area contributed by atoms with Crippen LogP contribution < -0.4 is 15.9 Å². The highest BCUT2D eigenvalue weighted by Gasteiger charge is 2.03. The van der Waals surface area contributed by atoms with E-state index in [1.807, 2.05) is 36.4 Å². The number of hydrazone groups is 1. The van der Waals surface area contributed by atoms with Crippen molar-refractivity contribution >= 4 is 12.2 Å². The standard InChI is InChI=1S/C18H21N3O2/c1-3-13(2)15-6-10-17(11-7-15)23-16-8-4-14(5-9-16)12-20-21-18(19)22/h4-13H,3H2,1-2H3,(H3,19,21,22)/b20-12-/t13-/m1/s1. The van der Waals surface area contributed by atoms with Gasteiger partial charge in [0.15, 0.2) is 0 Å². The number of benzene rings is 2. The summed E-state index contributed by atoms with van der Waals surface area (Å²) in [4.78, 5) is 10.5. The molecule has 0 aromatic heterocycles. The molecule has 120 valence electrons. The first-order valence-corrected chi connectivity index (χ1v) is 7.55. The Morgan fingerprint density at radius 1 is 1.17 bits per heavy atom. The highest BCUT2D eigenvalue weighted by molar-refractivity contribution is 5.81. The lowest BCUT2D eigenvalue weighted by molar-refractivity contribution is 0.249. The summed E-state index contributed by atoms with van der Waals surface area (Å²) in [6, 6.07) is 14.8. The Balaban J connectivity index is 1.98. The van der Waals surface area contributed by atoms with Gasteiger partial charge in [-0.3, -0.25) is 0 Å². The quantitative estimate of drug-likeness (QED) is 0.625. The van der Waals surface area contributed by atoms with Crippen LogP contribution in [0.15, 0.2) is 53.6 Å². The van der Waals surface area contributed by atoms with E-state index in [0.717, 1.165) is 23.5 Å². The second kappa shape index (κ2) is 7.98. The number of carbonyl (C=O) groups is 1. The van der Waals surface area contributed by atoms with Gasteiger partial charge in [0.05, 0.1) is 6.21 Å². The van der Waals surface area contributed by atoms with Crippen LogP contribution in [0.5, 0.6) is 11.5 Å². The molecule has 3 N–H and O–H groups in total. The molecule has 0 spiro atoms. The number of carbonyl (C=O) groups excluding carboxylic acids is 1. The predicted octanol–water partition coefficient (Wildman–Crippen LogP) is 3.99. The third kappa shape index (κ3) is 5.14. The maximum absolute atomic E-state index is 10.5. The van der Waals surface area contributed by atoms with Gasteiger partial charge in [-0.05, 0) is 59.9 Å². The van der Waals surface area contributed by atoms with Crippen molar-refractivity contribution in [3.8, 4) is 11.5 Å². The third-order valence-corrected chi connectivity index (χ3v) is 3.57. The molecule has 0 aliphatic carbocycles. The van der Waals surface area contributed by atoms with Crippen LogP contribution in [0.3, 0.4) is 0 Å². The SMILES string of the molecule is CC[C@@H](C)c1ccc(Oc2ccc(/C=N\NC(N)=O)cc2)cc1. The summed E-state index contributed by atoms with van der Waals surface area (Å²) >= 11 is 0. The molecule has 0 bridgehead atoms. The van der Waals surface area contributed by atoms with Crippen molar-refractivity contribution in [2.75, 3.05) is 0 Å². The minimum Gasteiger partial charge on any atom is -0.457 e. The molecule has 0 aliphatic rings. The molecule has 0 heterocycles. The molecule has 1 atom stereocenters. The summed E-state index contributed by atoms with van der Waals surface area (Å²) in [6.07, 6.45) is 2.63. The predicted molar refractivity (Wildman–Crippen MR) is 92.0 cm³/mol. The average Bonchev–Trinajstić information content (AvgIpc) is 2.56. The molecule has 5 heteroatoms. The van der Waals surface area contributed by atoms with Gasteiger partial charge in [0.1, 0.15) is 11.5 Å². The number of rotatable bonds is 6. The Labute approximate surface area is 136 Å². The second-order valence-corrected chi connectivity index (χ2v) is 5.28. The molecule has 2 amide bonds. The number of nitrogens with zero attached hydrogens (tertiary/aromatic N) is 1. The van der Waals surface area contributed by atoms with Gasteiger partial charge in [-0.15, -0.1) is 0 Å². The van der Waals surface area contributed by atoms with Crippen LogP contribution in [-0.4, -0.2) is 12.2 Å². The normalized spacial score (nSPS) is 12.1. The average molecular weight is 311 g/mol. The molecular weight excluding hydrogens is 290 g/mol. The lowest BCUT2D eigenvalue weighted by Crippen LogP contribution is -2.24. The molecule has 0 saturated heterocycles. The van der Waals surface area contributed by atoms with E-state index in [9.17, 15) is 4.79 Å². The van der Waals surface area contributed by atoms with Crippen LogP contribution in [0.2, 0.25) is 0 Å². The first-order chi connectivity index (χ1) is 11.1. The minimum atomic E-state index is -0.693. The summed E-state index contributed by atoms with van der Waals surface area (Å²) in [6.45, 7) is 4.39. The van der Waals surface area contributed by atoms with Gasteiger partial charge < -0.3 is 10.5 Å². The zero-order valence-corrected chi connectivity index (χ0v) is 13.3. The van der Waals surface area contributed by atoms with Crippen molar-refractivity contribution in [1.82, 2.24) is 5.43 Å². The van der Waals surface area contributed by atoms with E-state index in [-0.39, 0.29) is 0 Å². The van der Waals surface area contributed by atoms with Crippen LogP contribution in [0.1, 0.15) is 37.3 Å². The number of ether oxygens (including phenoxy) is 1. The Hall–Kier alpha value is -2.82. The van der Waals surface area contributed by atoms with Crippen molar-refractivity contribution in [3.05, 3.63) is 59.7 Å². The van der Waals surface area contributed by atoms with Gasteiger partial charge in [0.25, 0.3) is 0 Å². The van der Waals surface area contributed by atoms with Crippen LogP contribution in [0.4, 0.5) is 4.79 Å². The van der Waals surface area contributed by atoms with E-state index in [2.05, 4.69) is 36.5 Å². The second-order valence-electron chi connectivity index (χ2n) is 5.28. The maximum Gasteiger partial charge on any atom is 0.332 e. The molecule has 2 aromatic carbocycles. The maximum atomic E-state index is 10.5. The Morgan fingerprint density at radius 2 is 1.74 bits per heavy atom. The van der Waals surface area contributed by atoms with E-state index in [0.29, 0.717) is 5.92 Å². The van der Waals surface area contributed by atoms with Gasteiger partial charge >= 0.3 is 6.03 Å². The summed E-state index contributed by atoms with van der Waals surface area (Å²) in [5.74, 6) is 2.09. The number of primary amides is 1. The van der Waals surface area contributed by atoms with Gasteiger partial charge in [-0.1, -0.05) is 26.0 Å². The van der Waals surface area contributed by atoms with Crippen molar-refractivity contribution in [2.24, 2.45) is 10.8 Å². The fourth-order valence-corrected chi connectivity index (χ4v) is 2.03. The number of amides is 2. The topological polar surface area (TPSA) is 76.7 Å². The van der Waals surface area contributed by atoms with E-state index >= 15 is 0 Å². The Kier molecular flexibility index (Phi) is 5.74. The summed E-state index contributed by atoms with van der Waals surface area (Å²) in [5, 5.41) is 3.70. The van der Waals surface area contributed by atoms with Crippen molar-refractivity contribution in [2.45, 2.75) is 26.2 Å². The van der Waals surface area contributed by atoms with E-state index < -0.39 is 6.03 Å². The van der Waals surface area contributed by atoms with Crippen LogP contribution >= 0.6 is 0 Å². The molecule has 0 unspecified atom stereocenters. The highest BCUT2D eigenvalue weighted by Crippen LogP contribution is 2.25. The first-order valence-electron chi connectivity index (χ1n) is 7.55. The number of nitrogens with two attached hydrogens (primary N) is 1. The van der Waals surface area contributed by atoms with Gasteiger partial charge in [0.2, 0.25) is 0 Å². The van der Waals surface area contributed by atoms with Crippen molar-refractivity contribution < 1.29 is 9.53 Å². The lowest BCUT2D eigenvalue weighted by Gasteiger charge is -2.10. The molecule has 2 rings (SSSR count). The molecule has 0 fully saturated rings. The number of hydrogen-bond acceptors (Lipinski definition) is 3. The fourth-order valence-electron chi connectivity index (χ4n) is 2.03. The van der Waals surface area contributed by atoms with Gasteiger partial charge in [-0.2, -0.15) is 5.10 Å². The molecule has 0 saturated carbocycles. The molecule has 23 heavy (non-hydrogen) atoms. The Morgan fingerprint density at radius 3 is 2.26 bits per heavy atom. The molecule has 0 aliphatic heterocycles. The van der Waals surface area contributed by atoms with E-state index in [1.165, 1.54) is 11.8 Å². The smallest absolute Gasteiger partial charge is 0.332 e. The monoisotopic (exact) mass is 311 g/mol. The molecule has 0 radical (unpaired) electrons. The summed E-state index contributed by atoms with van der Waals surface area (Å²) in [7, 11) is 0. The fraction of sp³-hybridized carbons (Fsp3) is 0.222. The lowest BCUT2D eigenvalue weighted by atomic mass is 9.99. The van der Waals surface area contributed by atoms with E-state index in [1.54, 1.807) is 0 Å². The van der Waals surface area contributed by atoms with Gasteiger partial charge in [-0.25, -0.2) is 10.2 Å². The summed E-state index contributed by atoms with van der Waals surface area (Å²) < 4.78 is 5.81. The minimum absolute atomic E-state index is 0.552. The number of nitrogens with one attached hydrogen (secondary N) is 1. The zero-order valence-electron chi connectivity index (χ0n) is 13.3. The number of hydrogen-bond donors (Lipinski definition) is 2. The first kappa shape index (κ1) is 16.5. The van der Waals surface area contributed by atoms with Crippen molar-refractivity contribution in [1.29, 1.82) is 0 Å². The zero-order chi connectivity index (χ0) is 16.7. The third-order valence-electron chi connectivity index (χ3n) is 3.57. The van der Waals surface area contributed by atoms with E-state index in [4.69, 9.17) is 10.5 Å². The van der Waals surface area contributed by atoms with Gasteiger partial charge in [0, 0.05) is 0 Å².